The summed E-state index contributed by atoms with van der Waals surface area (Å²) in [4.78, 5) is 13.4. The number of carbonyl (C=O) groups is 1. The molecule has 0 heterocycles. The predicted molar refractivity (Wildman–Crippen MR) is 62.7 cm³/mol. The van der Waals surface area contributed by atoms with Crippen LogP contribution in [0.5, 0.6) is 0 Å². The number of rotatable bonds is 7. The standard InChI is InChI=1S/C12H21NO2/c1-5-6-8-11(2)12(14)15-10-7-9-13(3)4/h5,8H,1,6-7,9-10H2,2-4H3. The van der Waals surface area contributed by atoms with Gasteiger partial charge in [-0.05, 0) is 33.9 Å². The maximum atomic E-state index is 11.4. The van der Waals surface area contributed by atoms with E-state index >= 15 is 0 Å². The highest BCUT2D eigenvalue weighted by Crippen LogP contribution is 2.00. The predicted octanol–water partition coefficient (Wildman–Crippen LogP) is 2.00. The van der Waals surface area contributed by atoms with Crippen molar-refractivity contribution in [1.29, 1.82) is 0 Å². The van der Waals surface area contributed by atoms with E-state index in [-0.39, 0.29) is 5.97 Å². The molecule has 0 spiro atoms. The summed E-state index contributed by atoms with van der Waals surface area (Å²) in [6, 6.07) is 0. The van der Waals surface area contributed by atoms with E-state index in [0.29, 0.717) is 18.6 Å². The molecule has 3 nitrogen and oxygen atoms in total. The second-order valence-corrected chi connectivity index (χ2v) is 3.70. The molecule has 0 atom stereocenters. The normalized spacial score (nSPS) is 11.6. The maximum Gasteiger partial charge on any atom is 0.333 e. The quantitative estimate of drug-likeness (QED) is 0.279. The summed E-state index contributed by atoms with van der Waals surface area (Å²) in [6.07, 6.45) is 5.15. The lowest BCUT2D eigenvalue weighted by atomic mass is 10.2. The minimum atomic E-state index is -0.226. The van der Waals surface area contributed by atoms with E-state index in [9.17, 15) is 4.79 Å². The van der Waals surface area contributed by atoms with Crippen molar-refractivity contribution < 1.29 is 9.53 Å². The monoisotopic (exact) mass is 211 g/mol. The van der Waals surface area contributed by atoms with Gasteiger partial charge < -0.3 is 9.64 Å². The molecule has 0 N–H and O–H groups in total. The molecule has 0 aliphatic rings. The van der Waals surface area contributed by atoms with E-state index in [2.05, 4.69) is 11.5 Å². The van der Waals surface area contributed by atoms with Gasteiger partial charge in [0.1, 0.15) is 0 Å². The fourth-order valence-corrected chi connectivity index (χ4v) is 1.00. The Bertz CT molecular complexity index is 232. The lowest BCUT2D eigenvalue weighted by molar-refractivity contribution is -0.139. The molecule has 0 aliphatic heterocycles. The summed E-state index contributed by atoms with van der Waals surface area (Å²) < 4.78 is 5.08. The van der Waals surface area contributed by atoms with Gasteiger partial charge in [-0.2, -0.15) is 0 Å². The summed E-state index contributed by atoms with van der Waals surface area (Å²) >= 11 is 0. The average Bonchev–Trinajstić information content (AvgIpc) is 2.20. The highest BCUT2D eigenvalue weighted by atomic mass is 16.5. The van der Waals surface area contributed by atoms with Crippen LogP contribution in [-0.2, 0) is 9.53 Å². The van der Waals surface area contributed by atoms with Gasteiger partial charge in [0.25, 0.3) is 0 Å². The molecule has 0 amide bonds. The lowest BCUT2D eigenvalue weighted by Crippen LogP contribution is -2.16. The van der Waals surface area contributed by atoms with Crippen molar-refractivity contribution in [2.45, 2.75) is 19.8 Å². The fourth-order valence-electron chi connectivity index (χ4n) is 1.00. The topological polar surface area (TPSA) is 29.5 Å². The Morgan fingerprint density at radius 2 is 2.13 bits per heavy atom. The molecule has 0 bridgehead atoms. The van der Waals surface area contributed by atoms with Crippen LogP contribution in [0.4, 0.5) is 0 Å². The van der Waals surface area contributed by atoms with Crippen molar-refractivity contribution >= 4 is 5.97 Å². The zero-order chi connectivity index (χ0) is 11.7. The molecule has 0 aromatic heterocycles. The first-order valence-electron chi connectivity index (χ1n) is 5.17. The summed E-state index contributed by atoms with van der Waals surface area (Å²) in [5.41, 5.74) is 0.653. The number of esters is 1. The molecule has 3 heteroatoms. The van der Waals surface area contributed by atoms with Gasteiger partial charge in [-0.1, -0.05) is 12.2 Å². The number of carbonyl (C=O) groups excluding carboxylic acids is 1. The fraction of sp³-hybridized carbons (Fsp3) is 0.583. The molecule has 0 radical (unpaired) electrons. The van der Waals surface area contributed by atoms with Crippen LogP contribution in [0, 0.1) is 0 Å². The van der Waals surface area contributed by atoms with Gasteiger partial charge in [-0.3, -0.25) is 0 Å². The SMILES string of the molecule is C=CCC=C(C)C(=O)OCCCN(C)C. The van der Waals surface area contributed by atoms with Gasteiger partial charge in [-0.15, -0.1) is 6.58 Å². The highest BCUT2D eigenvalue weighted by Gasteiger charge is 2.04. The second-order valence-electron chi connectivity index (χ2n) is 3.70. The van der Waals surface area contributed by atoms with Gasteiger partial charge in [0.2, 0.25) is 0 Å². The summed E-state index contributed by atoms with van der Waals surface area (Å²) in [6.45, 7) is 6.76. The lowest BCUT2D eigenvalue weighted by Gasteiger charge is -2.09. The van der Waals surface area contributed by atoms with Gasteiger partial charge in [-0.25, -0.2) is 4.79 Å². The molecule has 0 unspecified atom stereocenters. The van der Waals surface area contributed by atoms with Crippen molar-refractivity contribution in [3.8, 4) is 0 Å². The Kier molecular flexibility index (Phi) is 7.64. The number of hydrogen-bond acceptors (Lipinski definition) is 3. The zero-order valence-electron chi connectivity index (χ0n) is 9.95. The first-order valence-corrected chi connectivity index (χ1v) is 5.17. The van der Waals surface area contributed by atoms with Gasteiger partial charge in [0, 0.05) is 12.1 Å². The third kappa shape index (κ3) is 7.94. The first kappa shape index (κ1) is 13.9. The van der Waals surface area contributed by atoms with E-state index in [1.54, 1.807) is 13.0 Å². The van der Waals surface area contributed by atoms with Crippen LogP contribution >= 0.6 is 0 Å². The Balaban J connectivity index is 3.69. The third-order valence-corrected chi connectivity index (χ3v) is 1.90. The van der Waals surface area contributed by atoms with Crippen molar-refractivity contribution in [3.05, 3.63) is 24.3 Å². The van der Waals surface area contributed by atoms with E-state index in [0.717, 1.165) is 13.0 Å². The molecular weight excluding hydrogens is 190 g/mol. The van der Waals surface area contributed by atoms with E-state index < -0.39 is 0 Å². The van der Waals surface area contributed by atoms with Crippen LogP contribution in [0.15, 0.2) is 24.3 Å². The Labute approximate surface area is 92.4 Å². The Morgan fingerprint density at radius 3 is 2.67 bits per heavy atom. The maximum absolute atomic E-state index is 11.4. The molecule has 15 heavy (non-hydrogen) atoms. The van der Waals surface area contributed by atoms with Crippen molar-refractivity contribution in [1.82, 2.24) is 4.90 Å². The van der Waals surface area contributed by atoms with Crippen molar-refractivity contribution in [2.24, 2.45) is 0 Å². The Morgan fingerprint density at radius 1 is 1.47 bits per heavy atom. The number of nitrogens with zero attached hydrogens (tertiary/aromatic N) is 1. The van der Waals surface area contributed by atoms with Crippen LogP contribution in [0.25, 0.3) is 0 Å². The highest BCUT2D eigenvalue weighted by molar-refractivity contribution is 5.87. The second kappa shape index (κ2) is 8.24. The number of ether oxygens (including phenoxy) is 1. The van der Waals surface area contributed by atoms with Crippen LogP contribution in [0.1, 0.15) is 19.8 Å². The van der Waals surface area contributed by atoms with Crippen molar-refractivity contribution in [2.75, 3.05) is 27.2 Å². The van der Waals surface area contributed by atoms with Crippen LogP contribution < -0.4 is 0 Å². The minimum Gasteiger partial charge on any atom is -0.462 e. The number of allylic oxidation sites excluding steroid dienone is 2. The minimum absolute atomic E-state index is 0.226. The van der Waals surface area contributed by atoms with Gasteiger partial charge in [0.15, 0.2) is 0 Å². The molecule has 0 saturated heterocycles. The molecule has 86 valence electrons. The molecule has 0 saturated carbocycles. The zero-order valence-corrected chi connectivity index (χ0v) is 9.95. The third-order valence-electron chi connectivity index (χ3n) is 1.90. The van der Waals surface area contributed by atoms with E-state index in [1.165, 1.54) is 0 Å². The van der Waals surface area contributed by atoms with E-state index in [1.807, 2.05) is 20.2 Å². The van der Waals surface area contributed by atoms with Gasteiger partial charge in [0.05, 0.1) is 6.61 Å². The largest absolute Gasteiger partial charge is 0.462 e. The summed E-state index contributed by atoms with van der Waals surface area (Å²) in [5.74, 6) is -0.226. The molecule has 0 fully saturated rings. The summed E-state index contributed by atoms with van der Waals surface area (Å²) in [7, 11) is 3.99. The molecule has 0 aliphatic carbocycles. The molecular formula is C12H21NO2. The molecule has 0 aromatic carbocycles. The van der Waals surface area contributed by atoms with Crippen LogP contribution in [0.3, 0.4) is 0 Å². The summed E-state index contributed by atoms with van der Waals surface area (Å²) in [5, 5.41) is 0. The van der Waals surface area contributed by atoms with Crippen molar-refractivity contribution in [3.63, 3.8) is 0 Å². The number of hydrogen-bond donors (Lipinski definition) is 0. The van der Waals surface area contributed by atoms with Gasteiger partial charge >= 0.3 is 5.97 Å². The molecule has 0 aromatic rings. The average molecular weight is 211 g/mol. The smallest absolute Gasteiger partial charge is 0.333 e. The first-order chi connectivity index (χ1) is 7.07. The van der Waals surface area contributed by atoms with E-state index in [4.69, 9.17) is 4.74 Å². The van der Waals surface area contributed by atoms with Crippen LogP contribution in [0.2, 0.25) is 0 Å². The Hall–Kier alpha value is -1.09. The van der Waals surface area contributed by atoms with Crippen LogP contribution in [-0.4, -0.2) is 38.1 Å². The molecule has 0 rings (SSSR count).